The third-order valence-electron chi connectivity index (χ3n) is 3.04. The molecule has 0 unspecified atom stereocenters. The van der Waals surface area contributed by atoms with Crippen LogP contribution in [0.5, 0.6) is 0 Å². The average Bonchev–Trinajstić information content (AvgIpc) is 2.74. The van der Waals surface area contributed by atoms with Gasteiger partial charge in [0.15, 0.2) is 0 Å². The second-order valence-electron chi connectivity index (χ2n) is 4.74. The highest BCUT2D eigenvalue weighted by Crippen LogP contribution is 2.33. The summed E-state index contributed by atoms with van der Waals surface area (Å²) in [5, 5.41) is 8.93. The molecule has 0 aliphatic rings. The number of aryl methyl sites for hydroxylation is 1. The molecule has 0 atom stereocenters. The van der Waals surface area contributed by atoms with E-state index in [4.69, 9.17) is 5.11 Å². The van der Waals surface area contributed by atoms with Crippen LogP contribution in [0.25, 0.3) is 0 Å². The van der Waals surface area contributed by atoms with Gasteiger partial charge in [-0.25, -0.2) is 0 Å². The Morgan fingerprint density at radius 2 is 1.95 bits per heavy atom. The van der Waals surface area contributed by atoms with Gasteiger partial charge in [-0.3, -0.25) is 4.79 Å². The van der Waals surface area contributed by atoms with Crippen molar-refractivity contribution < 1.29 is 9.90 Å². The second kappa shape index (κ2) is 7.42. The van der Waals surface area contributed by atoms with Gasteiger partial charge in [-0.05, 0) is 57.0 Å². The smallest absolute Gasteiger partial charge is 0.305 e. The highest BCUT2D eigenvalue weighted by Gasteiger charge is 2.12. The lowest BCUT2D eigenvalue weighted by Crippen LogP contribution is -2.25. The maximum Gasteiger partial charge on any atom is 0.305 e. The minimum atomic E-state index is -0.777. The van der Waals surface area contributed by atoms with Crippen molar-refractivity contribution in [3.63, 3.8) is 0 Å². The molecule has 0 radical (unpaired) electrons. The van der Waals surface area contributed by atoms with E-state index in [-0.39, 0.29) is 6.42 Å². The monoisotopic (exact) mass is 431 g/mol. The van der Waals surface area contributed by atoms with E-state index < -0.39 is 5.97 Å². The number of benzene rings is 1. The van der Waals surface area contributed by atoms with Gasteiger partial charge < -0.3 is 10.0 Å². The van der Waals surface area contributed by atoms with E-state index in [1.54, 1.807) is 11.3 Å². The van der Waals surface area contributed by atoms with Gasteiger partial charge in [-0.2, -0.15) is 0 Å². The van der Waals surface area contributed by atoms with Gasteiger partial charge in [0.1, 0.15) is 0 Å². The summed E-state index contributed by atoms with van der Waals surface area (Å²) in [6, 6.07) is 10.2. The molecule has 0 aliphatic heterocycles. The Hall–Kier alpha value is -0.850. The van der Waals surface area contributed by atoms with Gasteiger partial charge in [0, 0.05) is 21.6 Å². The van der Waals surface area contributed by atoms with Crippen LogP contribution in [0.15, 0.2) is 38.6 Å². The van der Waals surface area contributed by atoms with Crippen molar-refractivity contribution in [2.75, 3.05) is 11.4 Å². The number of rotatable bonds is 6. The average molecular weight is 433 g/mol. The number of thiophene rings is 1. The van der Waals surface area contributed by atoms with E-state index in [0.29, 0.717) is 13.1 Å². The number of carboxylic acids is 1. The van der Waals surface area contributed by atoms with Crippen LogP contribution in [0.4, 0.5) is 5.69 Å². The third kappa shape index (κ3) is 4.83. The molecule has 0 bridgehead atoms. The van der Waals surface area contributed by atoms with Crippen molar-refractivity contribution in [2.45, 2.75) is 19.9 Å². The second-order valence-corrected chi connectivity index (χ2v) is 8.04. The van der Waals surface area contributed by atoms with E-state index in [0.717, 1.165) is 13.9 Å². The third-order valence-corrected chi connectivity index (χ3v) is 6.28. The van der Waals surface area contributed by atoms with Crippen LogP contribution < -0.4 is 4.90 Å². The van der Waals surface area contributed by atoms with Crippen molar-refractivity contribution in [2.24, 2.45) is 0 Å². The van der Waals surface area contributed by atoms with Crippen molar-refractivity contribution in [1.29, 1.82) is 0 Å². The standard InChI is InChI=1S/C15H15Br2NO2S/c1-10-2-4-11(5-3-10)18(7-6-14(19)20)9-12-8-13(16)15(17)21-12/h2-5,8H,6-7,9H2,1H3,(H,19,20). The zero-order valence-corrected chi connectivity index (χ0v) is 15.5. The molecule has 0 fully saturated rings. The zero-order valence-electron chi connectivity index (χ0n) is 11.5. The molecule has 2 aromatic rings. The molecule has 0 saturated carbocycles. The summed E-state index contributed by atoms with van der Waals surface area (Å²) < 4.78 is 2.09. The molecule has 0 aliphatic carbocycles. The SMILES string of the molecule is Cc1ccc(N(CCC(=O)O)Cc2cc(Br)c(Br)s2)cc1. The Balaban J connectivity index is 2.18. The van der Waals surface area contributed by atoms with Gasteiger partial charge in [0.2, 0.25) is 0 Å². The van der Waals surface area contributed by atoms with E-state index in [9.17, 15) is 4.79 Å². The summed E-state index contributed by atoms with van der Waals surface area (Å²) in [4.78, 5) is 14.1. The van der Waals surface area contributed by atoms with Crippen molar-refractivity contribution in [1.82, 2.24) is 0 Å². The maximum atomic E-state index is 10.9. The first-order valence-electron chi connectivity index (χ1n) is 6.43. The molecule has 6 heteroatoms. The lowest BCUT2D eigenvalue weighted by Gasteiger charge is -2.23. The molecule has 0 amide bonds. The van der Waals surface area contributed by atoms with Gasteiger partial charge >= 0.3 is 5.97 Å². The topological polar surface area (TPSA) is 40.5 Å². The summed E-state index contributed by atoms with van der Waals surface area (Å²) in [5.41, 5.74) is 2.24. The lowest BCUT2D eigenvalue weighted by atomic mass is 10.2. The fourth-order valence-electron chi connectivity index (χ4n) is 1.94. The normalized spacial score (nSPS) is 10.6. The molecule has 0 saturated heterocycles. The fraction of sp³-hybridized carbons (Fsp3) is 0.267. The van der Waals surface area contributed by atoms with Crippen molar-refractivity contribution >= 4 is 54.9 Å². The highest BCUT2D eigenvalue weighted by atomic mass is 79.9. The van der Waals surface area contributed by atoms with Crippen molar-refractivity contribution in [3.05, 3.63) is 49.0 Å². The first-order valence-corrected chi connectivity index (χ1v) is 8.83. The Labute approximate surface area is 144 Å². The number of carbonyl (C=O) groups is 1. The molecule has 112 valence electrons. The summed E-state index contributed by atoms with van der Waals surface area (Å²) in [6.45, 7) is 3.23. The number of aliphatic carboxylic acids is 1. The van der Waals surface area contributed by atoms with Gasteiger partial charge in [0.25, 0.3) is 0 Å². The van der Waals surface area contributed by atoms with E-state index in [1.807, 2.05) is 31.2 Å². The Morgan fingerprint density at radius 3 is 2.48 bits per heavy atom. The Kier molecular flexibility index (Phi) is 5.84. The molecule has 2 rings (SSSR count). The summed E-state index contributed by atoms with van der Waals surface area (Å²) in [6.07, 6.45) is 0.127. The van der Waals surface area contributed by atoms with Crippen LogP contribution in [0, 0.1) is 6.92 Å². The lowest BCUT2D eigenvalue weighted by molar-refractivity contribution is -0.136. The summed E-state index contributed by atoms with van der Waals surface area (Å²) in [7, 11) is 0. The Morgan fingerprint density at radius 1 is 1.29 bits per heavy atom. The molecular formula is C15H15Br2NO2S. The first-order chi connectivity index (χ1) is 9.95. The number of carboxylic acid groups (broad SMARTS) is 1. The first kappa shape index (κ1) is 16.5. The summed E-state index contributed by atoms with van der Waals surface area (Å²) in [5.74, 6) is -0.777. The number of hydrogen-bond acceptors (Lipinski definition) is 3. The van der Waals surface area contributed by atoms with Gasteiger partial charge in [-0.1, -0.05) is 17.7 Å². The molecular weight excluding hydrogens is 418 g/mol. The van der Waals surface area contributed by atoms with Crippen LogP contribution in [0.2, 0.25) is 0 Å². The van der Waals surface area contributed by atoms with Gasteiger partial charge in [-0.15, -0.1) is 11.3 Å². The van der Waals surface area contributed by atoms with Crippen LogP contribution in [-0.4, -0.2) is 17.6 Å². The van der Waals surface area contributed by atoms with E-state index in [1.165, 1.54) is 10.4 Å². The Bertz CT molecular complexity index is 606. The highest BCUT2D eigenvalue weighted by molar-refractivity contribution is 9.13. The van der Waals surface area contributed by atoms with Crippen LogP contribution in [0.1, 0.15) is 16.9 Å². The minimum Gasteiger partial charge on any atom is -0.481 e. The predicted molar refractivity (Wildman–Crippen MR) is 94.2 cm³/mol. The molecule has 3 nitrogen and oxygen atoms in total. The van der Waals surface area contributed by atoms with Crippen molar-refractivity contribution in [3.8, 4) is 0 Å². The number of anilines is 1. The van der Waals surface area contributed by atoms with E-state index >= 15 is 0 Å². The van der Waals surface area contributed by atoms with Crippen LogP contribution >= 0.6 is 43.2 Å². The minimum absolute atomic E-state index is 0.127. The molecule has 1 heterocycles. The maximum absolute atomic E-state index is 10.9. The number of hydrogen-bond donors (Lipinski definition) is 1. The molecule has 1 N–H and O–H groups in total. The molecule has 0 spiro atoms. The van der Waals surface area contributed by atoms with Gasteiger partial charge in [0.05, 0.1) is 16.8 Å². The summed E-state index contributed by atoms with van der Waals surface area (Å²) >= 11 is 8.63. The predicted octanol–water partition coefficient (Wildman–Crippen LogP) is 5.06. The number of halogens is 2. The molecule has 21 heavy (non-hydrogen) atoms. The van der Waals surface area contributed by atoms with Crippen LogP contribution in [-0.2, 0) is 11.3 Å². The fourth-order valence-corrected chi connectivity index (χ4v) is 4.14. The largest absolute Gasteiger partial charge is 0.481 e. The quantitative estimate of drug-likeness (QED) is 0.693. The molecule has 1 aromatic carbocycles. The number of nitrogens with zero attached hydrogens (tertiary/aromatic N) is 1. The zero-order chi connectivity index (χ0) is 15.4. The molecule has 1 aromatic heterocycles. The van der Waals surface area contributed by atoms with Crippen LogP contribution in [0.3, 0.4) is 0 Å². The van der Waals surface area contributed by atoms with E-state index in [2.05, 4.69) is 42.8 Å².